The molecule has 8 nitrogen and oxygen atoms in total. The first-order valence-electron chi connectivity index (χ1n) is 20.4. The molecule has 10 heteroatoms. The molecule has 2 unspecified atom stereocenters. The van der Waals surface area contributed by atoms with Gasteiger partial charge in [-0.1, -0.05) is 127 Å². The van der Waals surface area contributed by atoms with Crippen LogP contribution in [0.25, 0.3) is 64.3 Å². The van der Waals surface area contributed by atoms with Crippen LogP contribution in [0.15, 0.2) is 46.0 Å². The summed E-state index contributed by atoms with van der Waals surface area (Å²) in [5.74, 6) is 0.932. The Balaban J connectivity index is 1.05. The van der Waals surface area contributed by atoms with Crippen LogP contribution < -0.4 is 20.6 Å². The molecule has 8 rings (SSSR count). The number of aromatic nitrogens is 4. The zero-order valence-electron chi connectivity index (χ0n) is 32.2. The summed E-state index contributed by atoms with van der Waals surface area (Å²) in [6.07, 6.45) is 17.9. The molecule has 0 fully saturated rings. The number of benzene rings is 2. The average Bonchev–Trinajstić information content (AvgIpc) is 3.93. The fourth-order valence-electron chi connectivity index (χ4n) is 8.21. The van der Waals surface area contributed by atoms with Crippen LogP contribution in [0.3, 0.4) is 0 Å². The summed E-state index contributed by atoms with van der Waals surface area (Å²) in [6, 6.07) is 11.6. The highest BCUT2D eigenvalue weighted by atomic mass is 32.1. The molecule has 0 radical (unpaired) electrons. The van der Waals surface area contributed by atoms with Gasteiger partial charge in [-0.2, -0.15) is 0 Å². The number of unbranched alkanes of at least 4 members (excludes halogenated alkanes) is 10. The summed E-state index contributed by atoms with van der Waals surface area (Å²) in [7, 11) is 0. The molecule has 0 N–H and O–H groups in total. The predicted octanol–water partition coefficient (Wildman–Crippen LogP) is 12.0. The first-order valence-corrected chi connectivity index (χ1v) is 22.0. The van der Waals surface area contributed by atoms with E-state index in [-0.39, 0.29) is 11.1 Å². The number of ether oxygens (including phenoxy) is 2. The zero-order valence-corrected chi connectivity index (χ0v) is 33.8. The molecule has 0 bridgehead atoms. The minimum atomic E-state index is -0.136. The summed E-state index contributed by atoms with van der Waals surface area (Å²) in [6.45, 7) is 10.3. The maximum absolute atomic E-state index is 14.2. The standard InChI is InChI=1S/C44H52N4O4S2/c1-5-7-9-11-13-15-17-27(3)25-51-35-23-33-43(53-35)47-39(45-33)29-19-20-30-38-32(22-21-31(37(29)38)41(47)49)42(50)48-40(30)46-34-24-36(54-44(34)48)52-26-28(4)18-16-14-12-10-8-6-2/h19-24,27-28H,5-18,25-26H2,1-4H3. The van der Waals surface area contributed by atoms with Crippen LogP contribution in [0, 0.1) is 11.8 Å². The number of hydrogen-bond donors (Lipinski definition) is 0. The highest BCUT2D eigenvalue weighted by Gasteiger charge is 2.24. The van der Waals surface area contributed by atoms with Crippen molar-refractivity contribution in [1.82, 2.24) is 18.8 Å². The van der Waals surface area contributed by atoms with Crippen molar-refractivity contribution in [2.75, 3.05) is 13.2 Å². The molecule has 6 heterocycles. The summed E-state index contributed by atoms with van der Waals surface area (Å²) in [5.41, 5.74) is 2.44. The monoisotopic (exact) mass is 764 g/mol. The fraction of sp³-hybridized carbons (Fsp3) is 0.500. The Kier molecular flexibility index (Phi) is 10.9. The van der Waals surface area contributed by atoms with E-state index in [0.717, 1.165) is 65.2 Å². The highest BCUT2D eigenvalue weighted by molar-refractivity contribution is 7.20. The SMILES string of the molecule is CCCCCCCCC(C)COc1cc2nc3c4ccc5c6c(ccc(c(=O)n3c2s1)c46)c(=O)n1c5nc2cc(OCC(C)CCCCCCCC)sc21. The lowest BCUT2D eigenvalue weighted by atomic mass is 9.96. The summed E-state index contributed by atoms with van der Waals surface area (Å²) in [4.78, 5) is 40.0. The third-order valence-electron chi connectivity index (χ3n) is 11.3. The van der Waals surface area contributed by atoms with E-state index < -0.39 is 0 Å². The van der Waals surface area contributed by atoms with Gasteiger partial charge in [0.25, 0.3) is 11.1 Å². The topological polar surface area (TPSA) is 87.2 Å². The van der Waals surface area contributed by atoms with Crippen molar-refractivity contribution < 1.29 is 9.47 Å². The number of fused-ring (bicyclic) bond motifs is 8. The van der Waals surface area contributed by atoms with E-state index in [9.17, 15) is 9.59 Å². The van der Waals surface area contributed by atoms with Gasteiger partial charge in [-0.25, -0.2) is 18.8 Å². The van der Waals surface area contributed by atoms with Crippen molar-refractivity contribution in [2.24, 2.45) is 11.8 Å². The van der Waals surface area contributed by atoms with E-state index in [1.54, 1.807) is 8.80 Å². The lowest BCUT2D eigenvalue weighted by Crippen LogP contribution is -2.16. The molecule has 0 aliphatic rings. The summed E-state index contributed by atoms with van der Waals surface area (Å²) >= 11 is 2.95. The Labute approximate surface area is 323 Å². The number of hydrogen-bond acceptors (Lipinski definition) is 8. The minimum absolute atomic E-state index is 0.136. The Morgan fingerprint density at radius 3 is 1.39 bits per heavy atom. The van der Waals surface area contributed by atoms with Gasteiger partial charge in [0, 0.05) is 44.5 Å². The molecule has 0 aliphatic carbocycles. The Bertz CT molecular complexity index is 2470. The second-order valence-electron chi connectivity index (χ2n) is 15.7. The summed E-state index contributed by atoms with van der Waals surface area (Å²) in [5, 5.41) is 5.96. The van der Waals surface area contributed by atoms with Crippen LogP contribution >= 0.6 is 22.7 Å². The van der Waals surface area contributed by atoms with E-state index in [4.69, 9.17) is 19.4 Å². The van der Waals surface area contributed by atoms with Gasteiger partial charge in [0.15, 0.2) is 10.1 Å². The molecule has 8 aromatic rings. The van der Waals surface area contributed by atoms with Gasteiger partial charge in [-0.15, -0.1) is 0 Å². The van der Waals surface area contributed by atoms with Crippen LogP contribution in [0.1, 0.15) is 118 Å². The smallest absolute Gasteiger partial charge is 0.265 e. The van der Waals surface area contributed by atoms with Crippen molar-refractivity contribution in [3.63, 3.8) is 0 Å². The molecule has 2 aromatic carbocycles. The molecule has 0 saturated heterocycles. The lowest BCUT2D eigenvalue weighted by Gasteiger charge is -2.12. The first-order chi connectivity index (χ1) is 26.4. The van der Waals surface area contributed by atoms with Crippen molar-refractivity contribution in [3.05, 3.63) is 57.1 Å². The minimum Gasteiger partial charge on any atom is -0.484 e. The van der Waals surface area contributed by atoms with Crippen LogP contribution in [0.4, 0.5) is 0 Å². The van der Waals surface area contributed by atoms with E-state index in [2.05, 4.69) is 27.7 Å². The molecule has 0 saturated carbocycles. The Morgan fingerprint density at radius 2 is 0.963 bits per heavy atom. The molecular formula is C44H52N4O4S2. The molecule has 0 amide bonds. The quantitative estimate of drug-likeness (QED) is 0.0567. The third-order valence-corrected chi connectivity index (χ3v) is 13.3. The number of pyridine rings is 2. The number of imidazole rings is 2. The Morgan fingerprint density at radius 1 is 0.574 bits per heavy atom. The van der Waals surface area contributed by atoms with E-state index in [1.807, 2.05) is 36.4 Å². The molecule has 2 atom stereocenters. The zero-order chi connectivity index (χ0) is 37.3. The molecule has 6 aromatic heterocycles. The van der Waals surface area contributed by atoms with Gasteiger partial charge in [-0.05, 0) is 48.9 Å². The normalized spacial score (nSPS) is 13.6. The molecule has 284 valence electrons. The van der Waals surface area contributed by atoms with Crippen molar-refractivity contribution in [2.45, 2.75) is 118 Å². The van der Waals surface area contributed by atoms with Crippen LogP contribution in [0.2, 0.25) is 0 Å². The average molecular weight is 765 g/mol. The third kappa shape index (κ3) is 6.89. The van der Waals surface area contributed by atoms with Crippen LogP contribution in [-0.2, 0) is 0 Å². The van der Waals surface area contributed by atoms with E-state index in [0.29, 0.717) is 47.1 Å². The van der Waals surface area contributed by atoms with Gasteiger partial charge < -0.3 is 9.47 Å². The first kappa shape index (κ1) is 36.9. The van der Waals surface area contributed by atoms with Crippen molar-refractivity contribution in [1.29, 1.82) is 0 Å². The van der Waals surface area contributed by atoms with Crippen molar-refractivity contribution in [3.8, 4) is 10.1 Å². The highest BCUT2D eigenvalue weighted by Crippen LogP contribution is 2.40. The number of rotatable bonds is 20. The van der Waals surface area contributed by atoms with Gasteiger partial charge in [0.1, 0.15) is 32.0 Å². The second kappa shape index (κ2) is 16.0. The number of nitrogens with zero attached hydrogens (tertiary/aromatic N) is 4. The lowest BCUT2D eigenvalue weighted by molar-refractivity contribution is 0.255. The number of thiophene rings is 2. The maximum Gasteiger partial charge on any atom is 0.265 e. The van der Waals surface area contributed by atoms with Gasteiger partial charge in [-0.3, -0.25) is 9.59 Å². The molecular weight excluding hydrogens is 713 g/mol. The van der Waals surface area contributed by atoms with Crippen molar-refractivity contribution >= 4 is 87.0 Å². The van der Waals surface area contributed by atoms with E-state index >= 15 is 0 Å². The van der Waals surface area contributed by atoms with Gasteiger partial charge in [0.2, 0.25) is 0 Å². The summed E-state index contributed by atoms with van der Waals surface area (Å²) < 4.78 is 15.9. The predicted molar refractivity (Wildman–Crippen MR) is 227 cm³/mol. The van der Waals surface area contributed by atoms with Gasteiger partial charge in [0.05, 0.1) is 13.2 Å². The van der Waals surface area contributed by atoms with Crippen LogP contribution in [-0.4, -0.2) is 32.0 Å². The molecule has 0 aliphatic heterocycles. The molecule has 54 heavy (non-hydrogen) atoms. The largest absolute Gasteiger partial charge is 0.484 e. The van der Waals surface area contributed by atoms with E-state index in [1.165, 1.54) is 99.7 Å². The molecule has 0 spiro atoms. The maximum atomic E-state index is 14.2. The second-order valence-corrected chi connectivity index (χ2v) is 17.7. The Hall–Kier alpha value is -4.02. The van der Waals surface area contributed by atoms with Crippen LogP contribution in [0.5, 0.6) is 10.1 Å². The van der Waals surface area contributed by atoms with Gasteiger partial charge >= 0.3 is 0 Å². The fourth-order valence-corrected chi connectivity index (χ4v) is 10.1.